The monoisotopic (exact) mass is 347 g/mol. The van der Waals surface area contributed by atoms with Gasteiger partial charge in [-0.1, -0.05) is 0 Å². The summed E-state index contributed by atoms with van der Waals surface area (Å²) in [5.41, 5.74) is 0. The summed E-state index contributed by atoms with van der Waals surface area (Å²) in [7, 11) is 0. The summed E-state index contributed by atoms with van der Waals surface area (Å²) in [6.07, 6.45) is -0.408. The molecule has 0 saturated carbocycles. The molecule has 0 bridgehead atoms. The van der Waals surface area contributed by atoms with Gasteiger partial charge in [0.25, 0.3) is 5.91 Å². The van der Waals surface area contributed by atoms with E-state index in [1.165, 1.54) is 18.2 Å². The van der Waals surface area contributed by atoms with Crippen molar-refractivity contribution >= 4 is 27.8 Å². The zero-order valence-corrected chi connectivity index (χ0v) is 12.4. The minimum absolute atomic E-state index is 0.000964. The molecule has 1 rings (SSSR count). The van der Waals surface area contributed by atoms with Crippen LogP contribution in [-0.4, -0.2) is 29.6 Å². The quantitative estimate of drug-likeness (QED) is 0.742. The molecule has 0 aromatic heterocycles. The molecule has 0 radical (unpaired) electrons. The van der Waals surface area contributed by atoms with E-state index in [2.05, 4.69) is 21.2 Å². The fraction of sp³-hybridized carbons (Fsp3) is 0.385. The van der Waals surface area contributed by atoms with Crippen molar-refractivity contribution in [2.45, 2.75) is 25.9 Å². The molecule has 0 aliphatic heterocycles. The zero-order chi connectivity index (χ0) is 15.1. The molecule has 0 fully saturated rings. The molecule has 1 amide bonds. The van der Waals surface area contributed by atoms with E-state index >= 15 is 0 Å². The lowest BCUT2D eigenvalue weighted by Crippen LogP contribution is -2.37. The number of benzene rings is 1. The molecule has 110 valence electrons. The number of halogens is 2. The number of hydrogen-bond donors (Lipinski definition) is 2. The van der Waals surface area contributed by atoms with Crippen LogP contribution < -0.4 is 10.1 Å². The largest absolute Gasteiger partial charge is 0.481 e. The first-order valence-corrected chi connectivity index (χ1v) is 6.80. The van der Waals surface area contributed by atoms with Crippen molar-refractivity contribution in [3.05, 3.63) is 28.5 Å². The van der Waals surface area contributed by atoms with Gasteiger partial charge in [-0.05, 0) is 47.5 Å². The Kier molecular flexibility index (Phi) is 6.44. The maximum absolute atomic E-state index is 12.9. The first kappa shape index (κ1) is 16.4. The molecule has 0 saturated heterocycles. The van der Waals surface area contributed by atoms with Gasteiger partial charge in [0.1, 0.15) is 11.6 Å². The normalized spacial score (nSPS) is 11.8. The molecule has 20 heavy (non-hydrogen) atoms. The highest BCUT2D eigenvalue weighted by atomic mass is 79.9. The third-order valence-electron chi connectivity index (χ3n) is 2.43. The molecule has 5 nitrogen and oxygen atoms in total. The SMILES string of the molecule is CC(Oc1ccc(F)cc1Br)C(=O)NCCCC(=O)O. The fourth-order valence-electron chi connectivity index (χ4n) is 1.41. The predicted octanol–water partition coefficient (Wildman–Crippen LogP) is 2.34. The highest BCUT2D eigenvalue weighted by Crippen LogP contribution is 2.26. The molecular formula is C13H15BrFNO4. The molecule has 0 aliphatic rings. The second-order valence-corrected chi connectivity index (χ2v) is 4.98. The number of carbonyl (C=O) groups excluding carboxylic acids is 1. The lowest BCUT2D eigenvalue weighted by atomic mass is 10.3. The molecule has 7 heteroatoms. The average Bonchev–Trinajstić information content (AvgIpc) is 2.37. The van der Waals surface area contributed by atoms with E-state index in [0.29, 0.717) is 16.6 Å². The minimum Gasteiger partial charge on any atom is -0.481 e. The van der Waals surface area contributed by atoms with Crippen molar-refractivity contribution in [3.63, 3.8) is 0 Å². The second kappa shape index (κ2) is 7.84. The van der Waals surface area contributed by atoms with Crippen LogP contribution in [0.1, 0.15) is 19.8 Å². The Morgan fingerprint density at radius 2 is 2.20 bits per heavy atom. The Balaban J connectivity index is 2.43. The van der Waals surface area contributed by atoms with E-state index in [4.69, 9.17) is 9.84 Å². The standard InChI is InChI=1S/C13H15BrFNO4/c1-8(13(19)16-6-2-3-12(17)18)20-11-5-4-9(15)7-10(11)14/h4-5,7-8H,2-3,6H2,1H3,(H,16,19)(H,17,18). The van der Waals surface area contributed by atoms with Crippen molar-refractivity contribution in [2.75, 3.05) is 6.54 Å². The Bertz CT molecular complexity index is 495. The number of carboxylic acids is 1. The van der Waals surface area contributed by atoms with Crippen LogP contribution in [0.4, 0.5) is 4.39 Å². The molecule has 0 spiro atoms. The summed E-state index contributed by atoms with van der Waals surface area (Å²) in [4.78, 5) is 22.0. The number of carboxylic acid groups (broad SMARTS) is 1. The van der Waals surface area contributed by atoms with Crippen molar-refractivity contribution in [1.82, 2.24) is 5.32 Å². The predicted molar refractivity (Wildman–Crippen MR) is 74.1 cm³/mol. The van der Waals surface area contributed by atoms with E-state index in [9.17, 15) is 14.0 Å². The Morgan fingerprint density at radius 1 is 1.50 bits per heavy atom. The lowest BCUT2D eigenvalue weighted by Gasteiger charge is -2.15. The summed E-state index contributed by atoms with van der Waals surface area (Å²) in [5.74, 6) is -1.31. The number of carbonyl (C=O) groups is 2. The highest BCUT2D eigenvalue weighted by Gasteiger charge is 2.15. The van der Waals surface area contributed by atoms with Gasteiger partial charge in [-0.25, -0.2) is 4.39 Å². The van der Waals surface area contributed by atoms with Crippen LogP contribution in [0.15, 0.2) is 22.7 Å². The molecule has 1 aromatic rings. The molecule has 0 aliphatic carbocycles. The highest BCUT2D eigenvalue weighted by molar-refractivity contribution is 9.10. The second-order valence-electron chi connectivity index (χ2n) is 4.12. The number of rotatable bonds is 7. The minimum atomic E-state index is -0.904. The maximum Gasteiger partial charge on any atom is 0.303 e. The van der Waals surface area contributed by atoms with E-state index in [0.717, 1.165) is 0 Å². The number of amides is 1. The van der Waals surface area contributed by atoms with Gasteiger partial charge in [0.05, 0.1) is 4.47 Å². The Hall–Kier alpha value is -1.63. The molecular weight excluding hydrogens is 333 g/mol. The summed E-state index contributed by atoms with van der Waals surface area (Å²) in [6.45, 7) is 1.83. The van der Waals surface area contributed by atoms with Gasteiger partial charge in [-0.2, -0.15) is 0 Å². The van der Waals surface area contributed by atoms with Crippen molar-refractivity contribution in [1.29, 1.82) is 0 Å². The molecule has 2 N–H and O–H groups in total. The van der Waals surface area contributed by atoms with Gasteiger partial charge in [0.15, 0.2) is 6.10 Å². The van der Waals surface area contributed by atoms with Crippen LogP contribution >= 0.6 is 15.9 Å². The van der Waals surface area contributed by atoms with Crippen LogP contribution in [0.3, 0.4) is 0 Å². The van der Waals surface area contributed by atoms with Crippen molar-refractivity contribution in [2.24, 2.45) is 0 Å². The fourth-order valence-corrected chi connectivity index (χ4v) is 1.85. The van der Waals surface area contributed by atoms with Gasteiger partial charge >= 0.3 is 5.97 Å². The number of hydrogen-bond acceptors (Lipinski definition) is 3. The van der Waals surface area contributed by atoms with E-state index in [1.54, 1.807) is 6.92 Å². The summed E-state index contributed by atoms with van der Waals surface area (Å²) < 4.78 is 18.7. The van der Waals surface area contributed by atoms with Crippen LogP contribution in [-0.2, 0) is 9.59 Å². The van der Waals surface area contributed by atoms with Crippen LogP contribution in [0.2, 0.25) is 0 Å². The smallest absolute Gasteiger partial charge is 0.303 e. The lowest BCUT2D eigenvalue weighted by molar-refractivity contribution is -0.137. The molecule has 1 unspecified atom stereocenters. The van der Waals surface area contributed by atoms with Crippen LogP contribution in [0, 0.1) is 5.82 Å². The first-order chi connectivity index (χ1) is 9.40. The van der Waals surface area contributed by atoms with Crippen molar-refractivity contribution < 1.29 is 23.8 Å². The van der Waals surface area contributed by atoms with E-state index in [1.807, 2.05) is 0 Å². The van der Waals surface area contributed by atoms with Gasteiger partial charge in [0.2, 0.25) is 0 Å². The Morgan fingerprint density at radius 3 is 2.80 bits per heavy atom. The molecule has 1 atom stereocenters. The zero-order valence-electron chi connectivity index (χ0n) is 10.9. The average molecular weight is 348 g/mol. The number of ether oxygens (including phenoxy) is 1. The third kappa shape index (κ3) is 5.56. The Labute approximate surface area is 124 Å². The van der Waals surface area contributed by atoms with Gasteiger partial charge in [-0.15, -0.1) is 0 Å². The maximum atomic E-state index is 12.9. The van der Waals surface area contributed by atoms with Gasteiger partial charge < -0.3 is 15.2 Å². The van der Waals surface area contributed by atoms with E-state index < -0.39 is 17.9 Å². The molecule has 0 heterocycles. The van der Waals surface area contributed by atoms with Crippen LogP contribution in [0.5, 0.6) is 5.75 Å². The number of nitrogens with one attached hydrogen (secondary N) is 1. The number of aliphatic carboxylic acids is 1. The molecule has 1 aromatic carbocycles. The van der Waals surface area contributed by atoms with E-state index in [-0.39, 0.29) is 18.9 Å². The van der Waals surface area contributed by atoms with Crippen LogP contribution in [0.25, 0.3) is 0 Å². The summed E-state index contributed by atoms with van der Waals surface area (Å²) >= 11 is 3.14. The topological polar surface area (TPSA) is 75.6 Å². The summed E-state index contributed by atoms with van der Waals surface area (Å²) in [5, 5.41) is 11.0. The van der Waals surface area contributed by atoms with Gasteiger partial charge in [-0.3, -0.25) is 9.59 Å². The van der Waals surface area contributed by atoms with Crippen molar-refractivity contribution in [3.8, 4) is 5.75 Å². The van der Waals surface area contributed by atoms with Gasteiger partial charge in [0, 0.05) is 13.0 Å². The third-order valence-corrected chi connectivity index (χ3v) is 3.05. The first-order valence-electron chi connectivity index (χ1n) is 6.01. The summed E-state index contributed by atoms with van der Waals surface area (Å²) in [6, 6.07) is 3.90.